The van der Waals surface area contributed by atoms with Crippen LogP contribution in [0.5, 0.6) is 0 Å². The number of piperidine rings is 1. The van der Waals surface area contributed by atoms with Crippen molar-refractivity contribution in [2.45, 2.75) is 32.7 Å². The zero-order valence-electron chi connectivity index (χ0n) is 12.7. The van der Waals surface area contributed by atoms with E-state index < -0.39 is 5.82 Å². The Morgan fingerprint density at radius 1 is 1.38 bits per heavy atom. The topological polar surface area (TPSA) is 44.4 Å². The Hall–Kier alpha value is -1.62. The van der Waals surface area contributed by atoms with Crippen LogP contribution in [0.4, 0.5) is 14.9 Å². The second-order valence-electron chi connectivity index (χ2n) is 5.48. The summed E-state index contributed by atoms with van der Waals surface area (Å²) in [6.07, 6.45) is 1.97. The second kappa shape index (κ2) is 7.41. The minimum absolute atomic E-state index is 0.214. The first-order valence-electron chi connectivity index (χ1n) is 7.69. The number of likely N-dealkylation sites (tertiary alicyclic amines) is 1. The van der Waals surface area contributed by atoms with Crippen molar-refractivity contribution in [2.24, 2.45) is 5.92 Å². The lowest BCUT2D eigenvalue weighted by Gasteiger charge is -2.38. The lowest BCUT2D eigenvalue weighted by Crippen LogP contribution is -2.51. The summed E-state index contributed by atoms with van der Waals surface area (Å²) in [5, 5.41) is 6.15. The number of halogens is 1. The number of benzene rings is 1. The van der Waals surface area contributed by atoms with Crippen molar-refractivity contribution in [1.29, 1.82) is 0 Å². The first-order valence-corrected chi connectivity index (χ1v) is 7.69. The zero-order valence-corrected chi connectivity index (χ0v) is 12.7. The minimum Gasteiger partial charge on any atom is -0.324 e. The molecule has 1 aromatic rings. The van der Waals surface area contributed by atoms with E-state index >= 15 is 0 Å². The normalized spacial score (nSPS) is 22.1. The van der Waals surface area contributed by atoms with Crippen LogP contribution < -0.4 is 10.6 Å². The van der Waals surface area contributed by atoms with Crippen molar-refractivity contribution in [1.82, 2.24) is 10.2 Å². The number of para-hydroxylation sites is 1. The van der Waals surface area contributed by atoms with Crippen molar-refractivity contribution in [2.75, 3.05) is 25.0 Å². The molecule has 2 atom stereocenters. The van der Waals surface area contributed by atoms with Gasteiger partial charge in [0.05, 0.1) is 5.69 Å². The number of anilines is 1. The zero-order chi connectivity index (χ0) is 15.2. The molecule has 0 aromatic heterocycles. The molecule has 0 saturated carbocycles. The van der Waals surface area contributed by atoms with Gasteiger partial charge in [-0.25, -0.2) is 9.18 Å². The average molecular weight is 293 g/mol. The van der Waals surface area contributed by atoms with Crippen molar-refractivity contribution in [3.05, 3.63) is 30.1 Å². The van der Waals surface area contributed by atoms with Gasteiger partial charge in [0, 0.05) is 19.1 Å². The Morgan fingerprint density at radius 3 is 2.81 bits per heavy atom. The third kappa shape index (κ3) is 3.94. The maximum atomic E-state index is 13.6. The molecule has 1 aliphatic heterocycles. The second-order valence-corrected chi connectivity index (χ2v) is 5.48. The molecule has 0 aliphatic carbocycles. The fourth-order valence-electron chi connectivity index (χ4n) is 2.92. The molecule has 2 rings (SSSR count). The van der Waals surface area contributed by atoms with Crippen LogP contribution >= 0.6 is 0 Å². The van der Waals surface area contributed by atoms with E-state index in [1.807, 2.05) is 0 Å². The Kier molecular flexibility index (Phi) is 5.56. The van der Waals surface area contributed by atoms with E-state index in [2.05, 4.69) is 24.5 Å². The molecule has 0 spiro atoms. The first-order chi connectivity index (χ1) is 10.2. The summed E-state index contributed by atoms with van der Waals surface area (Å²) in [4.78, 5) is 14.1. The third-order valence-electron chi connectivity index (χ3n) is 4.13. The molecule has 2 unspecified atom stereocenters. The molecule has 1 aliphatic rings. The highest BCUT2D eigenvalue weighted by Gasteiger charge is 2.29. The summed E-state index contributed by atoms with van der Waals surface area (Å²) in [6, 6.07) is 6.51. The Balaban J connectivity index is 1.96. The molecule has 0 bridgehead atoms. The Labute approximate surface area is 125 Å². The van der Waals surface area contributed by atoms with Crippen LogP contribution in [0.25, 0.3) is 0 Å². The molecule has 2 N–H and O–H groups in total. The van der Waals surface area contributed by atoms with E-state index in [0.717, 1.165) is 19.4 Å². The lowest BCUT2D eigenvalue weighted by atomic mass is 9.90. The molecule has 116 valence electrons. The van der Waals surface area contributed by atoms with Gasteiger partial charge in [-0.3, -0.25) is 0 Å². The summed E-state index contributed by atoms with van der Waals surface area (Å²) in [5.74, 6) is 0.0468. The highest BCUT2D eigenvalue weighted by Crippen LogP contribution is 2.21. The standard InChI is InChI=1S/C16H24FN3O/c1-3-12-11-20(10-9-14(12)18-4-2)16(21)19-15-8-6-5-7-13(15)17/h5-8,12,14,18H,3-4,9-11H2,1-2H3,(H,19,21). The Bertz CT molecular complexity index is 480. The number of rotatable bonds is 4. The van der Waals surface area contributed by atoms with Gasteiger partial charge < -0.3 is 15.5 Å². The highest BCUT2D eigenvalue weighted by molar-refractivity contribution is 5.89. The lowest BCUT2D eigenvalue weighted by molar-refractivity contribution is 0.151. The van der Waals surface area contributed by atoms with Gasteiger partial charge in [-0.15, -0.1) is 0 Å². The number of carbonyl (C=O) groups is 1. The molecule has 5 heteroatoms. The average Bonchev–Trinajstić information content (AvgIpc) is 2.50. The molecule has 21 heavy (non-hydrogen) atoms. The summed E-state index contributed by atoms with van der Waals surface area (Å²) in [7, 11) is 0. The van der Waals surface area contributed by atoms with E-state index in [4.69, 9.17) is 0 Å². The number of hydrogen-bond donors (Lipinski definition) is 2. The number of urea groups is 1. The fourth-order valence-corrected chi connectivity index (χ4v) is 2.92. The predicted octanol–water partition coefficient (Wildman–Crippen LogP) is 3.07. The van der Waals surface area contributed by atoms with Crippen LogP contribution in [-0.4, -0.2) is 36.6 Å². The number of carbonyl (C=O) groups excluding carboxylic acids is 1. The van der Waals surface area contributed by atoms with Crippen LogP contribution in [0.1, 0.15) is 26.7 Å². The van der Waals surface area contributed by atoms with Gasteiger partial charge in [-0.05, 0) is 31.0 Å². The van der Waals surface area contributed by atoms with Gasteiger partial charge in [-0.1, -0.05) is 32.4 Å². The predicted molar refractivity (Wildman–Crippen MR) is 82.9 cm³/mol. The number of nitrogens with one attached hydrogen (secondary N) is 2. The molecule has 1 saturated heterocycles. The Morgan fingerprint density at radius 2 is 2.14 bits per heavy atom. The van der Waals surface area contributed by atoms with Crippen molar-refractivity contribution >= 4 is 11.7 Å². The largest absolute Gasteiger partial charge is 0.324 e. The molecule has 4 nitrogen and oxygen atoms in total. The monoisotopic (exact) mass is 293 g/mol. The number of nitrogens with zero attached hydrogens (tertiary/aromatic N) is 1. The summed E-state index contributed by atoms with van der Waals surface area (Å²) >= 11 is 0. The minimum atomic E-state index is -0.402. The number of hydrogen-bond acceptors (Lipinski definition) is 2. The number of amides is 2. The van der Waals surface area contributed by atoms with Crippen molar-refractivity contribution in [3.63, 3.8) is 0 Å². The quantitative estimate of drug-likeness (QED) is 0.896. The van der Waals surface area contributed by atoms with E-state index in [1.54, 1.807) is 23.1 Å². The van der Waals surface area contributed by atoms with Gasteiger partial charge >= 0.3 is 6.03 Å². The molecule has 0 radical (unpaired) electrons. The highest BCUT2D eigenvalue weighted by atomic mass is 19.1. The van der Waals surface area contributed by atoms with Crippen LogP contribution in [0.3, 0.4) is 0 Å². The van der Waals surface area contributed by atoms with Crippen LogP contribution in [0.15, 0.2) is 24.3 Å². The van der Waals surface area contributed by atoms with Crippen LogP contribution in [0.2, 0.25) is 0 Å². The van der Waals surface area contributed by atoms with E-state index in [9.17, 15) is 9.18 Å². The first kappa shape index (κ1) is 15.8. The van der Waals surface area contributed by atoms with Gasteiger partial charge in [0.25, 0.3) is 0 Å². The van der Waals surface area contributed by atoms with Crippen LogP contribution in [-0.2, 0) is 0 Å². The van der Waals surface area contributed by atoms with Gasteiger partial charge in [-0.2, -0.15) is 0 Å². The van der Waals surface area contributed by atoms with Crippen molar-refractivity contribution in [3.8, 4) is 0 Å². The molecular formula is C16H24FN3O. The fraction of sp³-hybridized carbons (Fsp3) is 0.562. The maximum absolute atomic E-state index is 13.6. The maximum Gasteiger partial charge on any atom is 0.321 e. The van der Waals surface area contributed by atoms with Crippen LogP contribution in [0, 0.1) is 11.7 Å². The van der Waals surface area contributed by atoms with Gasteiger partial charge in [0.15, 0.2) is 0 Å². The van der Waals surface area contributed by atoms with E-state index in [0.29, 0.717) is 25.0 Å². The summed E-state index contributed by atoms with van der Waals surface area (Å²) in [6.45, 7) is 6.61. The summed E-state index contributed by atoms with van der Waals surface area (Å²) < 4.78 is 13.6. The van der Waals surface area contributed by atoms with E-state index in [-0.39, 0.29) is 11.7 Å². The molecule has 2 amide bonds. The molecular weight excluding hydrogens is 269 g/mol. The molecule has 1 aromatic carbocycles. The molecule has 1 heterocycles. The smallest absolute Gasteiger partial charge is 0.321 e. The van der Waals surface area contributed by atoms with Gasteiger partial charge in [0.2, 0.25) is 0 Å². The third-order valence-corrected chi connectivity index (χ3v) is 4.13. The van der Waals surface area contributed by atoms with Crippen molar-refractivity contribution < 1.29 is 9.18 Å². The SMILES string of the molecule is CCNC1CCN(C(=O)Nc2ccccc2F)CC1CC. The van der Waals surface area contributed by atoms with E-state index in [1.165, 1.54) is 6.07 Å². The van der Waals surface area contributed by atoms with Gasteiger partial charge in [0.1, 0.15) is 5.82 Å². The summed E-state index contributed by atoms with van der Waals surface area (Å²) in [5.41, 5.74) is 0.240. The molecule has 1 fully saturated rings.